The van der Waals surface area contributed by atoms with Gasteiger partial charge in [-0.05, 0) is 55.0 Å². The van der Waals surface area contributed by atoms with Crippen LogP contribution in [0.3, 0.4) is 0 Å². The molecule has 0 saturated heterocycles. The summed E-state index contributed by atoms with van der Waals surface area (Å²) in [5.41, 5.74) is 1.65. The van der Waals surface area contributed by atoms with E-state index in [0.29, 0.717) is 5.69 Å². The first-order chi connectivity index (χ1) is 14.7. The molecule has 0 spiro atoms. The maximum absolute atomic E-state index is 12.8. The van der Waals surface area contributed by atoms with E-state index >= 15 is 0 Å². The number of esters is 1. The van der Waals surface area contributed by atoms with Gasteiger partial charge in [0.15, 0.2) is 0 Å². The fourth-order valence-corrected chi connectivity index (χ4v) is 4.04. The molecule has 3 aromatic rings. The number of rotatable bonds is 6. The number of halogens is 1. The summed E-state index contributed by atoms with van der Waals surface area (Å²) in [6.07, 6.45) is 0. The van der Waals surface area contributed by atoms with E-state index in [9.17, 15) is 18.0 Å². The lowest BCUT2D eigenvalue weighted by atomic mass is 10.1. The van der Waals surface area contributed by atoms with Gasteiger partial charge in [0.05, 0.1) is 28.2 Å². The van der Waals surface area contributed by atoms with Crippen LogP contribution in [0.25, 0.3) is 0 Å². The molecular weight excluding hydrogens is 440 g/mol. The fraction of sp³-hybridized carbons (Fsp3) is 0.0909. The highest BCUT2D eigenvalue weighted by molar-refractivity contribution is 7.92. The maximum Gasteiger partial charge on any atom is 0.337 e. The Hall–Kier alpha value is -3.36. The first-order valence-corrected chi connectivity index (χ1v) is 10.9. The highest BCUT2D eigenvalue weighted by Gasteiger charge is 2.18. The Morgan fingerprint density at radius 3 is 2.35 bits per heavy atom. The lowest BCUT2D eigenvalue weighted by Gasteiger charge is -2.13. The average molecular weight is 459 g/mol. The number of methoxy groups -OCH3 is 1. The molecule has 0 fully saturated rings. The van der Waals surface area contributed by atoms with Crippen molar-refractivity contribution in [2.75, 3.05) is 17.1 Å². The van der Waals surface area contributed by atoms with Crippen LogP contribution in [0.2, 0.25) is 5.02 Å². The number of anilines is 2. The van der Waals surface area contributed by atoms with Gasteiger partial charge in [-0.25, -0.2) is 13.2 Å². The van der Waals surface area contributed by atoms with Gasteiger partial charge in [-0.15, -0.1) is 0 Å². The van der Waals surface area contributed by atoms with Crippen LogP contribution >= 0.6 is 11.6 Å². The molecule has 0 radical (unpaired) electrons. The van der Waals surface area contributed by atoms with E-state index in [1.165, 1.54) is 43.5 Å². The molecule has 3 rings (SSSR count). The van der Waals surface area contributed by atoms with E-state index in [1.807, 2.05) is 0 Å². The zero-order chi connectivity index (χ0) is 22.6. The van der Waals surface area contributed by atoms with Crippen molar-refractivity contribution in [1.82, 2.24) is 0 Å². The lowest BCUT2D eigenvalue weighted by molar-refractivity contribution is 0.0600. The minimum Gasteiger partial charge on any atom is -0.465 e. The number of amides is 1. The Morgan fingerprint density at radius 1 is 0.968 bits per heavy atom. The molecule has 0 aliphatic rings. The van der Waals surface area contributed by atoms with Crippen molar-refractivity contribution in [2.45, 2.75) is 11.8 Å². The summed E-state index contributed by atoms with van der Waals surface area (Å²) in [5, 5.41) is 2.84. The number of benzene rings is 3. The molecule has 3 aromatic carbocycles. The third kappa shape index (κ3) is 5.22. The Kier molecular flexibility index (Phi) is 6.62. The minimum atomic E-state index is -3.83. The molecule has 0 aliphatic heterocycles. The average Bonchev–Trinajstić information content (AvgIpc) is 2.76. The van der Waals surface area contributed by atoms with Crippen molar-refractivity contribution in [3.8, 4) is 0 Å². The number of hydrogen-bond donors (Lipinski definition) is 2. The van der Waals surface area contributed by atoms with Crippen molar-refractivity contribution in [3.05, 3.63) is 88.4 Å². The molecular formula is C22H19ClN2O5S. The maximum atomic E-state index is 12.8. The van der Waals surface area contributed by atoms with Crippen LogP contribution in [-0.4, -0.2) is 27.4 Å². The monoisotopic (exact) mass is 458 g/mol. The van der Waals surface area contributed by atoms with E-state index in [0.717, 1.165) is 5.56 Å². The van der Waals surface area contributed by atoms with Gasteiger partial charge in [0.25, 0.3) is 15.9 Å². The lowest BCUT2D eigenvalue weighted by Crippen LogP contribution is -2.16. The number of carbonyl (C=O) groups is 2. The minimum absolute atomic E-state index is 0.0674. The molecule has 0 heterocycles. The highest BCUT2D eigenvalue weighted by Crippen LogP contribution is 2.25. The van der Waals surface area contributed by atoms with Gasteiger partial charge in [-0.1, -0.05) is 35.9 Å². The standard InChI is InChI=1S/C22H19ClN2O5S/c1-14-8-9-15(22(27)30-2)12-20(14)24-21(26)18-13-16(10-11-19(18)23)25-31(28,29)17-6-4-3-5-7-17/h3-13,25H,1-2H3,(H,24,26). The predicted octanol–water partition coefficient (Wildman–Crippen LogP) is 4.49. The van der Waals surface area contributed by atoms with Crippen LogP contribution in [0.5, 0.6) is 0 Å². The van der Waals surface area contributed by atoms with E-state index in [2.05, 4.69) is 10.0 Å². The van der Waals surface area contributed by atoms with Gasteiger partial charge in [0.1, 0.15) is 0 Å². The number of carbonyl (C=O) groups excluding carboxylic acids is 2. The molecule has 1 amide bonds. The van der Waals surface area contributed by atoms with E-state index in [-0.39, 0.29) is 26.7 Å². The first-order valence-electron chi connectivity index (χ1n) is 9.09. The van der Waals surface area contributed by atoms with Crippen LogP contribution in [0.4, 0.5) is 11.4 Å². The molecule has 31 heavy (non-hydrogen) atoms. The van der Waals surface area contributed by atoms with E-state index < -0.39 is 21.9 Å². The second kappa shape index (κ2) is 9.20. The predicted molar refractivity (Wildman–Crippen MR) is 119 cm³/mol. The number of aryl methyl sites for hydroxylation is 1. The van der Waals surface area contributed by atoms with Gasteiger partial charge in [0.2, 0.25) is 0 Å². The van der Waals surface area contributed by atoms with Gasteiger partial charge >= 0.3 is 5.97 Å². The Labute approximate surface area is 185 Å². The third-order valence-electron chi connectivity index (χ3n) is 4.42. The van der Waals surface area contributed by atoms with Crippen LogP contribution in [-0.2, 0) is 14.8 Å². The number of hydrogen-bond acceptors (Lipinski definition) is 5. The number of nitrogens with one attached hydrogen (secondary N) is 2. The van der Waals surface area contributed by atoms with Crippen LogP contribution in [0.15, 0.2) is 71.6 Å². The van der Waals surface area contributed by atoms with Gasteiger partial charge in [0, 0.05) is 11.4 Å². The Balaban J connectivity index is 1.87. The second-order valence-corrected chi connectivity index (χ2v) is 8.68. The molecule has 0 bridgehead atoms. The summed E-state index contributed by atoms with van der Waals surface area (Å²) in [7, 11) is -2.56. The number of ether oxygens (including phenoxy) is 1. The first kappa shape index (κ1) is 22.3. The third-order valence-corrected chi connectivity index (χ3v) is 6.15. The van der Waals surface area contributed by atoms with Gasteiger partial charge < -0.3 is 10.1 Å². The quantitative estimate of drug-likeness (QED) is 0.530. The molecule has 2 N–H and O–H groups in total. The molecule has 0 aliphatic carbocycles. The largest absolute Gasteiger partial charge is 0.465 e. The van der Waals surface area contributed by atoms with E-state index in [1.54, 1.807) is 37.3 Å². The van der Waals surface area contributed by atoms with E-state index in [4.69, 9.17) is 16.3 Å². The second-order valence-electron chi connectivity index (χ2n) is 6.59. The summed E-state index contributed by atoms with van der Waals surface area (Å²) in [6.45, 7) is 1.77. The van der Waals surface area contributed by atoms with Crippen LogP contribution in [0, 0.1) is 6.92 Å². The molecule has 0 unspecified atom stereocenters. The molecule has 160 valence electrons. The Morgan fingerprint density at radius 2 is 1.68 bits per heavy atom. The van der Waals surface area contributed by atoms with Gasteiger partial charge in [-0.3, -0.25) is 9.52 Å². The zero-order valence-electron chi connectivity index (χ0n) is 16.7. The van der Waals surface area contributed by atoms with Crippen LogP contribution < -0.4 is 10.0 Å². The number of sulfonamides is 1. The smallest absolute Gasteiger partial charge is 0.337 e. The van der Waals surface area contributed by atoms with Gasteiger partial charge in [-0.2, -0.15) is 0 Å². The van der Waals surface area contributed by atoms with Crippen molar-refractivity contribution in [3.63, 3.8) is 0 Å². The summed E-state index contributed by atoms with van der Waals surface area (Å²) in [4.78, 5) is 24.7. The Bertz CT molecular complexity index is 1240. The highest BCUT2D eigenvalue weighted by atomic mass is 35.5. The molecule has 7 nitrogen and oxygen atoms in total. The van der Waals surface area contributed by atoms with Crippen molar-refractivity contribution < 1.29 is 22.7 Å². The molecule has 0 atom stereocenters. The van der Waals surface area contributed by atoms with Crippen LogP contribution in [0.1, 0.15) is 26.3 Å². The SMILES string of the molecule is COC(=O)c1ccc(C)c(NC(=O)c2cc(NS(=O)(=O)c3ccccc3)ccc2Cl)c1. The summed E-state index contributed by atoms with van der Waals surface area (Å²) >= 11 is 6.18. The summed E-state index contributed by atoms with van der Waals surface area (Å²) in [6, 6.07) is 16.8. The fourth-order valence-electron chi connectivity index (χ4n) is 2.77. The van der Waals surface area contributed by atoms with Crippen molar-refractivity contribution in [1.29, 1.82) is 0 Å². The zero-order valence-corrected chi connectivity index (χ0v) is 18.3. The normalized spacial score (nSPS) is 10.9. The molecule has 0 saturated carbocycles. The molecule has 0 aromatic heterocycles. The topological polar surface area (TPSA) is 102 Å². The van der Waals surface area contributed by atoms with Crippen molar-refractivity contribution in [2.24, 2.45) is 0 Å². The summed E-state index contributed by atoms with van der Waals surface area (Å²) in [5.74, 6) is -1.10. The van der Waals surface area contributed by atoms with Crippen molar-refractivity contribution >= 4 is 44.9 Å². The summed E-state index contributed by atoms with van der Waals surface area (Å²) < 4.78 is 32.2. The molecule has 9 heteroatoms.